The molecule has 0 saturated carbocycles. The zero-order valence-electron chi connectivity index (χ0n) is 12.9. The molecule has 3 rings (SSSR count). The minimum absolute atomic E-state index is 0.0264. The first-order valence-electron chi connectivity index (χ1n) is 7.46. The summed E-state index contributed by atoms with van der Waals surface area (Å²) in [6.45, 7) is 0.364. The average Bonchev–Trinajstić information content (AvgIpc) is 2.98. The maximum atomic E-state index is 13.0. The zero-order chi connectivity index (χ0) is 18.2. The van der Waals surface area contributed by atoms with E-state index in [0.29, 0.717) is 18.0 Å². The lowest BCUT2D eigenvalue weighted by Crippen LogP contribution is -2.32. The van der Waals surface area contributed by atoms with Crippen LogP contribution in [-0.4, -0.2) is 29.0 Å². The monoisotopic (exact) mass is 444 g/mol. The van der Waals surface area contributed by atoms with E-state index >= 15 is 0 Å². The molecule has 1 saturated heterocycles. The van der Waals surface area contributed by atoms with Gasteiger partial charge < -0.3 is 0 Å². The SMILES string of the molecule is O=[N+]([O-])c1ccc(S(=O)(=O)N2CC[C@@H](Br)[C@@H]2c2ccc(Cl)cc2)cc1. The van der Waals surface area contributed by atoms with Gasteiger partial charge in [0.2, 0.25) is 10.0 Å². The van der Waals surface area contributed by atoms with Crippen LogP contribution in [0.1, 0.15) is 18.0 Å². The lowest BCUT2D eigenvalue weighted by atomic mass is 10.1. The fourth-order valence-electron chi connectivity index (χ4n) is 2.91. The topological polar surface area (TPSA) is 80.5 Å². The number of sulfonamides is 1. The summed E-state index contributed by atoms with van der Waals surface area (Å²) in [7, 11) is -3.77. The second kappa shape index (κ2) is 7.03. The Morgan fingerprint density at radius 2 is 1.72 bits per heavy atom. The van der Waals surface area contributed by atoms with Crippen molar-refractivity contribution < 1.29 is 13.3 Å². The Balaban J connectivity index is 1.97. The molecule has 0 N–H and O–H groups in total. The second-order valence-electron chi connectivity index (χ2n) is 5.67. The van der Waals surface area contributed by atoms with Crippen LogP contribution >= 0.6 is 27.5 Å². The van der Waals surface area contributed by atoms with Crippen molar-refractivity contribution in [3.05, 3.63) is 69.2 Å². The molecule has 0 radical (unpaired) electrons. The van der Waals surface area contributed by atoms with Crippen molar-refractivity contribution in [1.29, 1.82) is 0 Å². The predicted molar refractivity (Wildman–Crippen MR) is 98.5 cm³/mol. The van der Waals surface area contributed by atoms with Crippen LogP contribution in [0.3, 0.4) is 0 Å². The Morgan fingerprint density at radius 1 is 1.12 bits per heavy atom. The molecule has 2 aromatic rings. The molecule has 0 amide bonds. The van der Waals surface area contributed by atoms with Gasteiger partial charge in [0.25, 0.3) is 5.69 Å². The lowest BCUT2D eigenvalue weighted by Gasteiger charge is -2.26. The van der Waals surface area contributed by atoms with Gasteiger partial charge in [0.1, 0.15) is 0 Å². The third-order valence-electron chi connectivity index (χ3n) is 4.14. The summed E-state index contributed by atoms with van der Waals surface area (Å²) in [6.07, 6.45) is 0.666. The molecule has 0 aliphatic carbocycles. The molecule has 1 aliphatic heterocycles. The van der Waals surface area contributed by atoms with Crippen LogP contribution in [0.5, 0.6) is 0 Å². The number of nitro groups is 1. The Bertz CT molecular complexity index is 887. The van der Waals surface area contributed by atoms with Gasteiger partial charge in [0, 0.05) is 28.5 Å². The molecule has 9 heteroatoms. The number of nitro benzene ring substituents is 1. The minimum atomic E-state index is -3.77. The van der Waals surface area contributed by atoms with Gasteiger partial charge in [0.15, 0.2) is 0 Å². The van der Waals surface area contributed by atoms with Crippen LogP contribution < -0.4 is 0 Å². The van der Waals surface area contributed by atoms with E-state index in [1.807, 2.05) is 12.1 Å². The smallest absolute Gasteiger partial charge is 0.258 e. The van der Waals surface area contributed by atoms with Gasteiger partial charge >= 0.3 is 0 Å². The van der Waals surface area contributed by atoms with E-state index in [1.54, 1.807) is 12.1 Å². The molecule has 0 spiro atoms. The number of alkyl halides is 1. The van der Waals surface area contributed by atoms with Gasteiger partial charge in [-0.3, -0.25) is 10.1 Å². The van der Waals surface area contributed by atoms with E-state index in [0.717, 1.165) is 5.56 Å². The molecular formula is C16H14BrClN2O4S. The highest BCUT2D eigenvalue weighted by Crippen LogP contribution is 2.40. The largest absolute Gasteiger partial charge is 0.269 e. The zero-order valence-corrected chi connectivity index (χ0v) is 16.0. The number of nitrogens with zero attached hydrogens (tertiary/aromatic N) is 2. The molecular weight excluding hydrogens is 432 g/mol. The van der Waals surface area contributed by atoms with Crippen LogP contribution in [0, 0.1) is 10.1 Å². The number of benzene rings is 2. The summed E-state index contributed by atoms with van der Waals surface area (Å²) >= 11 is 9.49. The fraction of sp³-hybridized carbons (Fsp3) is 0.250. The summed E-state index contributed by atoms with van der Waals surface area (Å²) in [5.41, 5.74) is 0.697. The molecule has 2 atom stereocenters. The Kier molecular flexibility index (Phi) is 5.15. The van der Waals surface area contributed by atoms with Crippen LogP contribution in [0.4, 0.5) is 5.69 Å². The molecule has 0 aromatic heterocycles. The first-order chi connectivity index (χ1) is 11.8. The highest BCUT2D eigenvalue weighted by molar-refractivity contribution is 9.09. The third kappa shape index (κ3) is 3.57. The molecule has 25 heavy (non-hydrogen) atoms. The first-order valence-corrected chi connectivity index (χ1v) is 10.2. The predicted octanol–water partition coefficient (Wildman–Crippen LogP) is 4.15. The van der Waals surface area contributed by atoms with Gasteiger partial charge in [-0.1, -0.05) is 39.7 Å². The summed E-state index contributed by atoms with van der Waals surface area (Å²) in [6, 6.07) is 11.7. The molecule has 1 fully saturated rings. The average molecular weight is 446 g/mol. The Hall–Kier alpha value is -1.48. The van der Waals surface area contributed by atoms with E-state index < -0.39 is 14.9 Å². The molecule has 132 valence electrons. The van der Waals surface area contributed by atoms with Crippen LogP contribution in [0.25, 0.3) is 0 Å². The Labute approximate surface area is 158 Å². The van der Waals surface area contributed by atoms with Crippen molar-refractivity contribution in [2.24, 2.45) is 0 Å². The van der Waals surface area contributed by atoms with Crippen molar-refractivity contribution in [1.82, 2.24) is 4.31 Å². The molecule has 0 unspecified atom stereocenters. The van der Waals surface area contributed by atoms with Crippen molar-refractivity contribution in [3.8, 4) is 0 Å². The number of hydrogen-bond donors (Lipinski definition) is 0. The lowest BCUT2D eigenvalue weighted by molar-refractivity contribution is -0.384. The quantitative estimate of drug-likeness (QED) is 0.402. The van der Waals surface area contributed by atoms with Gasteiger partial charge in [-0.25, -0.2) is 8.42 Å². The van der Waals surface area contributed by atoms with Crippen molar-refractivity contribution in [2.75, 3.05) is 6.54 Å². The fourth-order valence-corrected chi connectivity index (χ4v) is 5.65. The summed E-state index contributed by atoms with van der Waals surface area (Å²) in [5.74, 6) is 0. The van der Waals surface area contributed by atoms with Crippen LogP contribution in [-0.2, 0) is 10.0 Å². The number of rotatable bonds is 4. The third-order valence-corrected chi connectivity index (χ3v) is 7.25. The van der Waals surface area contributed by atoms with Gasteiger partial charge in [0.05, 0.1) is 15.9 Å². The van der Waals surface area contributed by atoms with Gasteiger partial charge in [-0.15, -0.1) is 0 Å². The molecule has 1 heterocycles. The summed E-state index contributed by atoms with van der Waals surface area (Å²) in [4.78, 5) is 10.2. The van der Waals surface area contributed by atoms with Gasteiger partial charge in [-0.05, 0) is 36.2 Å². The molecule has 2 aromatic carbocycles. The number of halogens is 2. The highest BCUT2D eigenvalue weighted by Gasteiger charge is 2.41. The van der Waals surface area contributed by atoms with E-state index in [2.05, 4.69) is 15.9 Å². The standard InChI is InChI=1S/C16H14BrClN2O4S/c17-15-9-10-19(16(15)11-1-3-12(18)4-2-11)25(23,24)14-7-5-13(6-8-14)20(21)22/h1-8,15-16H,9-10H2/t15-,16+/m1/s1. The first kappa shape index (κ1) is 18.3. The molecule has 0 bridgehead atoms. The maximum absolute atomic E-state index is 13.0. The number of non-ortho nitro benzene ring substituents is 1. The van der Waals surface area contributed by atoms with Gasteiger partial charge in [-0.2, -0.15) is 4.31 Å². The highest BCUT2D eigenvalue weighted by atomic mass is 79.9. The normalized spacial score (nSPS) is 21.4. The van der Waals surface area contributed by atoms with E-state index in [1.165, 1.54) is 28.6 Å². The van der Waals surface area contributed by atoms with Crippen molar-refractivity contribution >= 4 is 43.2 Å². The number of hydrogen-bond acceptors (Lipinski definition) is 4. The van der Waals surface area contributed by atoms with E-state index in [9.17, 15) is 18.5 Å². The van der Waals surface area contributed by atoms with E-state index in [-0.39, 0.29) is 21.5 Å². The van der Waals surface area contributed by atoms with Crippen LogP contribution in [0.15, 0.2) is 53.4 Å². The van der Waals surface area contributed by atoms with Crippen molar-refractivity contribution in [3.63, 3.8) is 0 Å². The van der Waals surface area contributed by atoms with Crippen LogP contribution in [0.2, 0.25) is 5.02 Å². The van der Waals surface area contributed by atoms with E-state index in [4.69, 9.17) is 11.6 Å². The maximum Gasteiger partial charge on any atom is 0.269 e. The second-order valence-corrected chi connectivity index (χ2v) is 9.17. The Morgan fingerprint density at radius 3 is 2.28 bits per heavy atom. The summed E-state index contributed by atoms with van der Waals surface area (Å²) in [5, 5.41) is 11.3. The molecule has 6 nitrogen and oxygen atoms in total. The summed E-state index contributed by atoms with van der Waals surface area (Å²) < 4.78 is 27.5. The molecule has 1 aliphatic rings. The van der Waals surface area contributed by atoms with Crippen molar-refractivity contribution in [2.45, 2.75) is 22.2 Å². The minimum Gasteiger partial charge on any atom is -0.258 e.